The first-order chi connectivity index (χ1) is 14.9. The lowest BCUT2D eigenvalue weighted by Gasteiger charge is -2.13. The number of hydrogen-bond acceptors (Lipinski definition) is 5. The molecule has 3 rings (SSSR count). The van der Waals surface area contributed by atoms with E-state index >= 15 is 0 Å². The molecule has 1 heterocycles. The van der Waals surface area contributed by atoms with Crippen LogP contribution < -0.4 is 10.1 Å². The molecule has 0 aliphatic carbocycles. The third kappa shape index (κ3) is 5.31. The summed E-state index contributed by atoms with van der Waals surface area (Å²) in [6, 6.07) is 16.5. The van der Waals surface area contributed by atoms with Gasteiger partial charge in [-0.05, 0) is 43.2 Å². The fourth-order valence-electron chi connectivity index (χ4n) is 3.22. The van der Waals surface area contributed by atoms with Crippen LogP contribution in [0.3, 0.4) is 0 Å². The van der Waals surface area contributed by atoms with Gasteiger partial charge < -0.3 is 14.8 Å². The molecule has 0 bridgehead atoms. The smallest absolute Gasteiger partial charge is 0.358 e. The molecule has 162 valence electrons. The van der Waals surface area contributed by atoms with Gasteiger partial charge in [0, 0.05) is 17.7 Å². The molecule has 7 nitrogen and oxygen atoms in total. The van der Waals surface area contributed by atoms with E-state index in [0.29, 0.717) is 29.2 Å². The number of aromatic nitrogens is 2. The largest absolute Gasteiger partial charge is 0.494 e. The number of carbonyl (C=O) groups excluding carboxylic acids is 2. The quantitative estimate of drug-likeness (QED) is 0.533. The molecular formula is C24H27N3O4. The number of para-hydroxylation sites is 2. The summed E-state index contributed by atoms with van der Waals surface area (Å²) in [5, 5.41) is 7.42. The molecule has 0 saturated heterocycles. The van der Waals surface area contributed by atoms with Gasteiger partial charge in [0.2, 0.25) is 5.91 Å². The highest BCUT2D eigenvalue weighted by Crippen LogP contribution is 2.30. The van der Waals surface area contributed by atoms with Gasteiger partial charge >= 0.3 is 5.97 Å². The number of amides is 1. The number of esters is 1. The van der Waals surface area contributed by atoms with E-state index in [4.69, 9.17) is 9.47 Å². The van der Waals surface area contributed by atoms with Crippen LogP contribution in [-0.4, -0.2) is 35.4 Å². The summed E-state index contributed by atoms with van der Waals surface area (Å²) >= 11 is 0. The molecule has 1 amide bonds. The van der Waals surface area contributed by atoms with Crippen LogP contribution in [0, 0.1) is 5.92 Å². The van der Waals surface area contributed by atoms with Crippen LogP contribution in [0.5, 0.6) is 5.75 Å². The zero-order chi connectivity index (χ0) is 22.4. The fraction of sp³-hybridized carbons (Fsp3) is 0.292. The maximum absolute atomic E-state index is 12.4. The second-order valence-corrected chi connectivity index (χ2v) is 7.45. The lowest BCUT2D eigenvalue weighted by Crippen LogP contribution is -2.13. The van der Waals surface area contributed by atoms with Crippen molar-refractivity contribution in [3.63, 3.8) is 0 Å². The predicted octanol–water partition coefficient (Wildman–Crippen LogP) is 4.71. The molecule has 7 heteroatoms. The van der Waals surface area contributed by atoms with Crippen LogP contribution in [-0.2, 0) is 9.53 Å². The van der Waals surface area contributed by atoms with Crippen LogP contribution in [0.1, 0.15) is 37.7 Å². The number of nitrogens with zero attached hydrogens (tertiary/aromatic N) is 2. The van der Waals surface area contributed by atoms with Gasteiger partial charge in [-0.2, -0.15) is 5.10 Å². The molecular weight excluding hydrogens is 394 g/mol. The summed E-state index contributed by atoms with van der Waals surface area (Å²) in [5.41, 5.74) is 3.01. The Morgan fingerprint density at radius 3 is 2.58 bits per heavy atom. The summed E-state index contributed by atoms with van der Waals surface area (Å²) in [5.74, 6) is 0.335. The standard InChI is InChI=1S/C24H27N3O4/c1-5-31-24(29)19-15-21(27(26-19)20-11-6-7-12-22(20)30-4)17-9-8-10-18(14-17)25-23(28)13-16(2)3/h6-12,14-16H,5,13H2,1-4H3,(H,25,28). The highest BCUT2D eigenvalue weighted by atomic mass is 16.5. The summed E-state index contributed by atoms with van der Waals surface area (Å²) < 4.78 is 12.3. The number of hydrogen-bond donors (Lipinski definition) is 1. The van der Waals surface area contributed by atoms with Crippen LogP contribution >= 0.6 is 0 Å². The Morgan fingerprint density at radius 1 is 1.10 bits per heavy atom. The number of anilines is 1. The van der Waals surface area contributed by atoms with Gasteiger partial charge in [-0.1, -0.05) is 38.1 Å². The van der Waals surface area contributed by atoms with Crippen molar-refractivity contribution in [3.05, 3.63) is 60.3 Å². The Kier molecular flexibility index (Phi) is 7.07. The summed E-state index contributed by atoms with van der Waals surface area (Å²) in [7, 11) is 1.58. The van der Waals surface area contributed by atoms with E-state index < -0.39 is 5.97 Å². The third-order valence-corrected chi connectivity index (χ3v) is 4.54. The summed E-state index contributed by atoms with van der Waals surface area (Å²) in [4.78, 5) is 24.6. The SMILES string of the molecule is CCOC(=O)c1cc(-c2cccc(NC(=O)CC(C)C)c2)n(-c2ccccc2OC)n1. The Hall–Kier alpha value is -3.61. The molecule has 2 aromatic carbocycles. The van der Waals surface area contributed by atoms with Crippen molar-refractivity contribution in [1.82, 2.24) is 9.78 Å². The van der Waals surface area contributed by atoms with Gasteiger partial charge in [0.25, 0.3) is 0 Å². The second-order valence-electron chi connectivity index (χ2n) is 7.45. The van der Waals surface area contributed by atoms with Crippen molar-refractivity contribution in [2.24, 2.45) is 5.92 Å². The van der Waals surface area contributed by atoms with Crippen LogP contribution in [0.4, 0.5) is 5.69 Å². The first-order valence-corrected chi connectivity index (χ1v) is 10.2. The van der Waals surface area contributed by atoms with E-state index in [1.165, 1.54) is 0 Å². The molecule has 1 N–H and O–H groups in total. The van der Waals surface area contributed by atoms with E-state index in [9.17, 15) is 9.59 Å². The van der Waals surface area contributed by atoms with E-state index in [1.807, 2.05) is 62.4 Å². The van der Waals surface area contributed by atoms with Gasteiger partial charge in [-0.15, -0.1) is 0 Å². The summed E-state index contributed by atoms with van der Waals surface area (Å²) in [6.07, 6.45) is 0.441. The molecule has 1 aromatic heterocycles. The average molecular weight is 421 g/mol. The van der Waals surface area contributed by atoms with Crippen molar-refractivity contribution in [2.75, 3.05) is 19.0 Å². The number of benzene rings is 2. The highest BCUT2D eigenvalue weighted by Gasteiger charge is 2.20. The average Bonchev–Trinajstić information content (AvgIpc) is 3.19. The van der Waals surface area contributed by atoms with Gasteiger partial charge in [-0.25, -0.2) is 9.48 Å². The second kappa shape index (κ2) is 9.93. The molecule has 0 aliphatic rings. The van der Waals surface area contributed by atoms with Crippen molar-refractivity contribution in [1.29, 1.82) is 0 Å². The fourth-order valence-corrected chi connectivity index (χ4v) is 3.22. The van der Waals surface area contributed by atoms with Crippen molar-refractivity contribution in [2.45, 2.75) is 27.2 Å². The predicted molar refractivity (Wildman–Crippen MR) is 120 cm³/mol. The third-order valence-electron chi connectivity index (χ3n) is 4.54. The summed E-state index contributed by atoms with van der Waals surface area (Å²) in [6.45, 7) is 6.00. The zero-order valence-corrected chi connectivity index (χ0v) is 18.2. The van der Waals surface area contributed by atoms with Crippen LogP contribution in [0.25, 0.3) is 16.9 Å². The topological polar surface area (TPSA) is 82.5 Å². The first-order valence-electron chi connectivity index (χ1n) is 10.2. The normalized spacial score (nSPS) is 10.7. The molecule has 0 aliphatic heterocycles. The molecule has 0 fully saturated rings. The van der Waals surface area contributed by atoms with E-state index in [0.717, 1.165) is 5.56 Å². The van der Waals surface area contributed by atoms with E-state index in [2.05, 4.69) is 10.4 Å². The number of ether oxygens (including phenoxy) is 2. The van der Waals surface area contributed by atoms with Crippen molar-refractivity contribution < 1.29 is 19.1 Å². The highest BCUT2D eigenvalue weighted by molar-refractivity contribution is 5.92. The monoisotopic (exact) mass is 421 g/mol. The molecule has 0 spiro atoms. The maximum Gasteiger partial charge on any atom is 0.358 e. The lowest BCUT2D eigenvalue weighted by atomic mass is 10.1. The Bertz CT molecular complexity index is 1070. The van der Waals surface area contributed by atoms with Gasteiger partial charge in [-0.3, -0.25) is 4.79 Å². The molecule has 0 unspecified atom stereocenters. The Labute approximate surface area is 182 Å². The van der Waals surface area contributed by atoms with E-state index in [1.54, 1.807) is 24.8 Å². The maximum atomic E-state index is 12.4. The zero-order valence-electron chi connectivity index (χ0n) is 18.2. The number of methoxy groups -OCH3 is 1. The number of nitrogens with one attached hydrogen (secondary N) is 1. The minimum atomic E-state index is -0.501. The molecule has 0 saturated carbocycles. The lowest BCUT2D eigenvalue weighted by molar-refractivity contribution is -0.116. The van der Waals surface area contributed by atoms with Crippen molar-refractivity contribution in [3.8, 4) is 22.7 Å². The minimum absolute atomic E-state index is 0.0439. The Balaban J connectivity index is 2.06. The van der Waals surface area contributed by atoms with Gasteiger partial charge in [0.15, 0.2) is 5.69 Å². The van der Waals surface area contributed by atoms with Gasteiger partial charge in [0.05, 0.1) is 19.4 Å². The molecule has 0 radical (unpaired) electrons. The van der Waals surface area contributed by atoms with Crippen LogP contribution in [0.15, 0.2) is 54.6 Å². The minimum Gasteiger partial charge on any atom is -0.494 e. The van der Waals surface area contributed by atoms with Crippen molar-refractivity contribution >= 4 is 17.6 Å². The number of carbonyl (C=O) groups is 2. The van der Waals surface area contributed by atoms with Crippen LogP contribution in [0.2, 0.25) is 0 Å². The molecule has 3 aromatic rings. The first kappa shape index (κ1) is 22.1. The molecule has 0 atom stereocenters. The van der Waals surface area contributed by atoms with E-state index in [-0.39, 0.29) is 24.1 Å². The Morgan fingerprint density at radius 2 is 1.87 bits per heavy atom. The van der Waals surface area contributed by atoms with Gasteiger partial charge in [0.1, 0.15) is 11.4 Å². The number of rotatable bonds is 8. The molecule has 31 heavy (non-hydrogen) atoms.